The summed E-state index contributed by atoms with van der Waals surface area (Å²) >= 11 is 0. The van der Waals surface area contributed by atoms with Gasteiger partial charge in [-0.25, -0.2) is 0 Å². The molecule has 0 aliphatic carbocycles. The predicted octanol–water partition coefficient (Wildman–Crippen LogP) is 4.71. The van der Waals surface area contributed by atoms with E-state index >= 15 is 0 Å². The zero-order valence-electron chi connectivity index (χ0n) is 15.2. The van der Waals surface area contributed by atoms with E-state index in [1.54, 1.807) is 0 Å². The Morgan fingerprint density at radius 1 is 0.889 bits per heavy atom. The summed E-state index contributed by atoms with van der Waals surface area (Å²) in [4.78, 5) is 21.7. The third-order valence-corrected chi connectivity index (χ3v) is 5.91. The molecule has 0 spiro atoms. The lowest BCUT2D eigenvalue weighted by Crippen LogP contribution is -2.36. The summed E-state index contributed by atoms with van der Waals surface area (Å²) < 4.78 is 0. The lowest BCUT2D eigenvalue weighted by atomic mass is 9.89. The molecule has 0 unspecified atom stereocenters. The minimum absolute atomic E-state index is 0.206. The molecular weight excluding hydrogens is 334 g/mol. The molecular formula is C23H23N3O. The van der Waals surface area contributed by atoms with Crippen molar-refractivity contribution in [3.05, 3.63) is 72.1 Å². The second-order valence-electron chi connectivity index (χ2n) is 7.51. The molecule has 0 atom stereocenters. The Hall–Kier alpha value is -2.85. The number of piperidine rings is 1. The number of hydrogen-bond donors (Lipinski definition) is 2. The first-order valence-electron chi connectivity index (χ1n) is 9.67. The zero-order valence-corrected chi connectivity index (χ0v) is 15.2. The number of benzene rings is 2. The van der Waals surface area contributed by atoms with Crippen LogP contribution in [-0.4, -0.2) is 40.3 Å². The van der Waals surface area contributed by atoms with Gasteiger partial charge in [-0.05, 0) is 49.5 Å². The SMILES string of the molecule is O=C(CN1CCC(c2c[nH]c3ccccc23)CC1)c1c[nH]c2ccccc12. The number of likely N-dealkylation sites (tertiary alicyclic amines) is 1. The fourth-order valence-corrected chi connectivity index (χ4v) is 4.42. The number of fused-ring (bicyclic) bond motifs is 2. The second kappa shape index (κ2) is 6.71. The van der Waals surface area contributed by atoms with E-state index in [0.717, 1.165) is 42.4 Å². The number of nitrogens with one attached hydrogen (secondary N) is 2. The third-order valence-electron chi connectivity index (χ3n) is 5.91. The minimum atomic E-state index is 0.206. The molecule has 0 amide bonds. The Bertz CT molecular complexity index is 1100. The van der Waals surface area contributed by atoms with Gasteiger partial charge in [0.25, 0.3) is 0 Å². The van der Waals surface area contributed by atoms with Crippen molar-refractivity contribution in [1.29, 1.82) is 0 Å². The Morgan fingerprint density at radius 2 is 1.52 bits per heavy atom. The van der Waals surface area contributed by atoms with Crippen LogP contribution in [-0.2, 0) is 0 Å². The van der Waals surface area contributed by atoms with Crippen LogP contribution in [0.1, 0.15) is 34.7 Å². The predicted molar refractivity (Wildman–Crippen MR) is 109 cm³/mol. The van der Waals surface area contributed by atoms with E-state index in [9.17, 15) is 4.79 Å². The standard InChI is InChI=1S/C23H23N3O/c27-23(20-14-25-22-8-4-2-6-18(20)22)15-26-11-9-16(10-12-26)19-13-24-21-7-3-1-5-17(19)21/h1-8,13-14,16,24-25H,9-12,15H2. The van der Waals surface area contributed by atoms with Crippen molar-refractivity contribution in [1.82, 2.24) is 14.9 Å². The fraction of sp³-hybridized carbons (Fsp3) is 0.261. The maximum atomic E-state index is 12.8. The van der Waals surface area contributed by atoms with Gasteiger partial charge < -0.3 is 9.97 Å². The van der Waals surface area contributed by atoms with Crippen molar-refractivity contribution in [2.75, 3.05) is 19.6 Å². The van der Waals surface area contributed by atoms with Gasteiger partial charge in [-0.15, -0.1) is 0 Å². The zero-order chi connectivity index (χ0) is 18.2. The molecule has 0 bridgehead atoms. The van der Waals surface area contributed by atoms with Gasteiger partial charge in [-0.3, -0.25) is 9.69 Å². The molecule has 3 heterocycles. The Balaban J connectivity index is 1.26. The van der Waals surface area contributed by atoms with Gasteiger partial charge in [0.1, 0.15) is 0 Å². The van der Waals surface area contributed by atoms with Crippen molar-refractivity contribution in [2.24, 2.45) is 0 Å². The molecule has 4 aromatic rings. The Kier molecular flexibility index (Phi) is 4.06. The van der Waals surface area contributed by atoms with E-state index in [0.29, 0.717) is 12.5 Å². The topological polar surface area (TPSA) is 51.9 Å². The van der Waals surface area contributed by atoms with Crippen LogP contribution in [0.3, 0.4) is 0 Å². The first-order valence-corrected chi connectivity index (χ1v) is 9.67. The van der Waals surface area contributed by atoms with Crippen molar-refractivity contribution in [2.45, 2.75) is 18.8 Å². The number of carbonyl (C=O) groups is 1. The van der Waals surface area contributed by atoms with Crippen LogP contribution >= 0.6 is 0 Å². The number of hydrogen-bond acceptors (Lipinski definition) is 2. The van der Waals surface area contributed by atoms with Gasteiger partial charge in [-0.2, -0.15) is 0 Å². The number of para-hydroxylation sites is 2. The van der Waals surface area contributed by atoms with Crippen molar-refractivity contribution >= 4 is 27.6 Å². The number of Topliss-reactive ketones (excluding diaryl/α,β-unsaturated/α-hetero) is 1. The largest absolute Gasteiger partial charge is 0.361 e. The quantitative estimate of drug-likeness (QED) is 0.520. The monoisotopic (exact) mass is 357 g/mol. The van der Waals surface area contributed by atoms with E-state index in [1.165, 1.54) is 16.5 Å². The lowest BCUT2D eigenvalue weighted by molar-refractivity contribution is 0.0911. The van der Waals surface area contributed by atoms with Crippen LogP contribution in [0.25, 0.3) is 21.8 Å². The molecule has 27 heavy (non-hydrogen) atoms. The molecule has 0 radical (unpaired) electrons. The number of aromatic amines is 2. The van der Waals surface area contributed by atoms with E-state index in [4.69, 9.17) is 0 Å². The maximum absolute atomic E-state index is 12.8. The molecule has 2 aromatic carbocycles. The molecule has 4 heteroatoms. The molecule has 0 saturated carbocycles. The van der Waals surface area contributed by atoms with Crippen LogP contribution in [0.15, 0.2) is 60.9 Å². The van der Waals surface area contributed by atoms with Crippen molar-refractivity contribution < 1.29 is 4.79 Å². The lowest BCUT2D eigenvalue weighted by Gasteiger charge is -2.31. The highest BCUT2D eigenvalue weighted by atomic mass is 16.1. The number of carbonyl (C=O) groups excluding carboxylic acids is 1. The van der Waals surface area contributed by atoms with Gasteiger partial charge in [0.2, 0.25) is 0 Å². The van der Waals surface area contributed by atoms with E-state index in [2.05, 4.69) is 45.3 Å². The van der Waals surface area contributed by atoms with Gasteiger partial charge in [-0.1, -0.05) is 36.4 Å². The second-order valence-corrected chi connectivity index (χ2v) is 7.51. The molecule has 2 aromatic heterocycles. The van der Waals surface area contributed by atoms with Crippen LogP contribution < -0.4 is 0 Å². The Labute approximate surface area is 158 Å². The van der Waals surface area contributed by atoms with Crippen molar-refractivity contribution in [3.63, 3.8) is 0 Å². The van der Waals surface area contributed by atoms with Crippen LogP contribution in [0.4, 0.5) is 0 Å². The number of aromatic nitrogens is 2. The average molecular weight is 357 g/mol. The normalized spacial score (nSPS) is 16.3. The highest BCUT2D eigenvalue weighted by Crippen LogP contribution is 2.33. The fourth-order valence-electron chi connectivity index (χ4n) is 4.42. The van der Waals surface area contributed by atoms with E-state index < -0.39 is 0 Å². The molecule has 2 N–H and O–H groups in total. The number of ketones is 1. The summed E-state index contributed by atoms with van der Waals surface area (Å²) in [6.07, 6.45) is 6.22. The summed E-state index contributed by atoms with van der Waals surface area (Å²) in [6.45, 7) is 2.44. The van der Waals surface area contributed by atoms with Crippen molar-refractivity contribution in [3.8, 4) is 0 Å². The molecule has 1 aliphatic heterocycles. The summed E-state index contributed by atoms with van der Waals surface area (Å²) in [5, 5.41) is 2.36. The van der Waals surface area contributed by atoms with Crippen LogP contribution in [0.2, 0.25) is 0 Å². The van der Waals surface area contributed by atoms with Gasteiger partial charge in [0.15, 0.2) is 5.78 Å². The highest BCUT2D eigenvalue weighted by Gasteiger charge is 2.24. The van der Waals surface area contributed by atoms with Gasteiger partial charge in [0.05, 0.1) is 6.54 Å². The summed E-state index contributed by atoms with van der Waals surface area (Å²) in [5.74, 6) is 0.776. The highest BCUT2D eigenvalue weighted by molar-refractivity contribution is 6.08. The number of nitrogens with zero attached hydrogens (tertiary/aromatic N) is 1. The molecule has 1 saturated heterocycles. The maximum Gasteiger partial charge on any atom is 0.178 e. The van der Waals surface area contributed by atoms with Gasteiger partial charge in [0, 0.05) is 39.8 Å². The number of H-pyrrole nitrogens is 2. The first-order chi connectivity index (χ1) is 13.3. The first kappa shape index (κ1) is 16.3. The Morgan fingerprint density at radius 3 is 2.30 bits per heavy atom. The molecule has 5 rings (SSSR count). The average Bonchev–Trinajstić information content (AvgIpc) is 3.33. The minimum Gasteiger partial charge on any atom is -0.361 e. The van der Waals surface area contributed by atoms with Crippen LogP contribution in [0.5, 0.6) is 0 Å². The van der Waals surface area contributed by atoms with E-state index in [1.807, 2.05) is 30.5 Å². The van der Waals surface area contributed by atoms with E-state index in [-0.39, 0.29) is 5.78 Å². The summed E-state index contributed by atoms with van der Waals surface area (Å²) in [6, 6.07) is 16.5. The smallest absolute Gasteiger partial charge is 0.178 e. The summed E-state index contributed by atoms with van der Waals surface area (Å²) in [5.41, 5.74) is 4.47. The van der Waals surface area contributed by atoms with Gasteiger partial charge >= 0.3 is 0 Å². The summed E-state index contributed by atoms with van der Waals surface area (Å²) in [7, 11) is 0. The molecule has 1 fully saturated rings. The number of rotatable bonds is 4. The van der Waals surface area contributed by atoms with Crippen LogP contribution in [0, 0.1) is 0 Å². The molecule has 136 valence electrons. The molecule has 4 nitrogen and oxygen atoms in total. The molecule has 1 aliphatic rings. The third kappa shape index (κ3) is 2.96.